The maximum absolute atomic E-state index is 12.2. The van der Waals surface area contributed by atoms with Gasteiger partial charge in [-0.3, -0.25) is 9.63 Å². The molecule has 0 aliphatic carbocycles. The van der Waals surface area contributed by atoms with E-state index in [1.54, 1.807) is 26.0 Å². The van der Waals surface area contributed by atoms with Crippen molar-refractivity contribution < 1.29 is 18.0 Å². The molecule has 1 heterocycles. The molecule has 0 aliphatic rings. The van der Waals surface area contributed by atoms with Gasteiger partial charge in [-0.2, -0.15) is 5.26 Å². The van der Waals surface area contributed by atoms with Crippen LogP contribution in [0.3, 0.4) is 0 Å². The first kappa shape index (κ1) is 20.3. The number of hydrogen-bond donors (Lipinski definition) is 3. The maximum atomic E-state index is 12.2. The quantitative estimate of drug-likeness (QED) is 0.585. The van der Waals surface area contributed by atoms with Gasteiger partial charge in [-0.25, -0.2) is 23.6 Å². The van der Waals surface area contributed by atoms with E-state index in [0.717, 1.165) is 0 Å². The minimum atomic E-state index is -3.77. The molecule has 0 aliphatic heterocycles. The van der Waals surface area contributed by atoms with Gasteiger partial charge in [0.1, 0.15) is 11.9 Å². The number of nitrogens with zero attached hydrogens (tertiary/aromatic N) is 2. The van der Waals surface area contributed by atoms with E-state index in [0.29, 0.717) is 12.3 Å². The number of hydroxylamine groups is 1. The fourth-order valence-corrected chi connectivity index (χ4v) is 3.39. The van der Waals surface area contributed by atoms with Gasteiger partial charge in [-0.1, -0.05) is 6.92 Å². The highest BCUT2D eigenvalue weighted by Gasteiger charge is 2.19. The molecule has 2 rings (SSSR count). The summed E-state index contributed by atoms with van der Waals surface area (Å²) in [4.78, 5) is 21.0. The molecular weight excluding hydrogens is 370 g/mol. The SMILES string of the molecule is CCNS(=O)(=O)c1ccc(Nc2ncccc2C(=O)NOCC)cc1C#N. The zero-order chi connectivity index (χ0) is 19.9. The zero-order valence-electron chi connectivity index (χ0n) is 14.8. The summed E-state index contributed by atoms with van der Waals surface area (Å²) in [5, 5.41) is 12.2. The largest absolute Gasteiger partial charge is 0.340 e. The highest BCUT2D eigenvalue weighted by Crippen LogP contribution is 2.23. The normalized spacial score (nSPS) is 10.9. The fraction of sp³-hybridized carbons (Fsp3) is 0.235. The first-order valence-electron chi connectivity index (χ1n) is 8.11. The zero-order valence-corrected chi connectivity index (χ0v) is 15.6. The molecule has 0 fully saturated rings. The third kappa shape index (κ3) is 5.01. The molecule has 9 nitrogen and oxygen atoms in total. The average Bonchev–Trinajstić information content (AvgIpc) is 2.66. The summed E-state index contributed by atoms with van der Waals surface area (Å²) < 4.78 is 26.7. The average molecular weight is 389 g/mol. The van der Waals surface area contributed by atoms with Crippen LogP contribution >= 0.6 is 0 Å². The lowest BCUT2D eigenvalue weighted by molar-refractivity contribution is 0.0365. The molecule has 0 spiro atoms. The van der Waals surface area contributed by atoms with E-state index in [9.17, 15) is 18.5 Å². The van der Waals surface area contributed by atoms with Crippen LogP contribution < -0.4 is 15.5 Å². The topological polar surface area (TPSA) is 133 Å². The highest BCUT2D eigenvalue weighted by molar-refractivity contribution is 7.89. The molecular formula is C17H19N5O4S. The number of carbonyl (C=O) groups is 1. The Morgan fingerprint density at radius 2 is 2.07 bits per heavy atom. The number of nitriles is 1. The van der Waals surface area contributed by atoms with Crippen molar-refractivity contribution in [3.63, 3.8) is 0 Å². The second-order valence-corrected chi connectivity index (χ2v) is 6.95. The number of carbonyl (C=O) groups excluding carboxylic acids is 1. The number of hydrogen-bond acceptors (Lipinski definition) is 7. The molecule has 0 bridgehead atoms. The van der Waals surface area contributed by atoms with Crippen LogP contribution in [-0.4, -0.2) is 32.5 Å². The minimum Gasteiger partial charge on any atom is -0.340 e. The van der Waals surface area contributed by atoms with Gasteiger partial charge in [0.2, 0.25) is 10.0 Å². The Morgan fingerprint density at radius 3 is 2.74 bits per heavy atom. The van der Waals surface area contributed by atoms with Crippen LogP contribution in [-0.2, 0) is 14.9 Å². The number of sulfonamides is 1. The smallest absolute Gasteiger partial charge is 0.278 e. The third-order valence-electron chi connectivity index (χ3n) is 3.35. The van der Waals surface area contributed by atoms with Crippen molar-refractivity contribution in [3.8, 4) is 6.07 Å². The van der Waals surface area contributed by atoms with Crippen LogP contribution in [0.15, 0.2) is 41.4 Å². The molecule has 0 unspecified atom stereocenters. The van der Waals surface area contributed by atoms with E-state index < -0.39 is 15.9 Å². The Kier molecular flexibility index (Phi) is 6.84. The number of amides is 1. The molecule has 10 heteroatoms. The Hall–Kier alpha value is -3.00. The summed E-state index contributed by atoms with van der Waals surface area (Å²) in [6.07, 6.45) is 1.50. The second-order valence-electron chi connectivity index (χ2n) is 5.21. The van der Waals surface area contributed by atoms with Crippen molar-refractivity contribution in [3.05, 3.63) is 47.7 Å². The molecule has 3 N–H and O–H groups in total. The summed E-state index contributed by atoms with van der Waals surface area (Å²) in [5.74, 6) is -0.250. The fourth-order valence-electron chi connectivity index (χ4n) is 2.21. The molecule has 142 valence electrons. The van der Waals surface area contributed by atoms with Crippen LogP contribution in [0.25, 0.3) is 0 Å². The number of anilines is 2. The van der Waals surface area contributed by atoms with E-state index in [1.165, 1.54) is 24.4 Å². The van der Waals surface area contributed by atoms with Gasteiger partial charge in [0.15, 0.2) is 0 Å². The first-order chi connectivity index (χ1) is 12.9. The van der Waals surface area contributed by atoms with Crippen molar-refractivity contribution in [2.45, 2.75) is 18.7 Å². The summed E-state index contributed by atoms with van der Waals surface area (Å²) in [6.45, 7) is 3.89. The lowest BCUT2D eigenvalue weighted by atomic mass is 10.2. The number of pyridine rings is 1. The van der Waals surface area contributed by atoms with E-state index in [2.05, 4.69) is 20.5 Å². The predicted molar refractivity (Wildman–Crippen MR) is 98.6 cm³/mol. The van der Waals surface area contributed by atoms with Crippen molar-refractivity contribution in [1.82, 2.24) is 15.2 Å². The standard InChI is InChI=1S/C17H19N5O4S/c1-3-20-27(24,25)15-8-7-13(10-12(15)11-18)21-16-14(6-5-9-19-16)17(23)22-26-4-2/h5-10,20H,3-4H2,1-2H3,(H,19,21)(H,22,23). The number of benzene rings is 1. The van der Waals surface area contributed by atoms with E-state index in [-0.39, 0.29) is 28.4 Å². The monoisotopic (exact) mass is 389 g/mol. The van der Waals surface area contributed by atoms with Gasteiger partial charge < -0.3 is 5.32 Å². The summed E-state index contributed by atoms with van der Waals surface area (Å²) in [7, 11) is -3.77. The van der Waals surface area contributed by atoms with Crippen molar-refractivity contribution >= 4 is 27.4 Å². The Morgan fingerprint density at radius 1 is 1.30 bits per heavy atom. The third-order valence-corrected chi connectivity index (χ3v) is 4.95. The second kappa shape index (κ2) is 9.09. The molecule has 0 atom stereocenters. The molecule has 0 saturated carbocycles. The van der Waals surface area contributed by atoms with Crippen LogP contribution in [0.1, 0.15) is 29.8 Å². The van der Waals surface area contributed by atoms with Crippen molar-refractivity contribution in [1.29, 1.82) is 5.26 Å². The van der Waals surface area contributed by atoms with Crippen LogP contribution in [0.2, 0.25) is 0 Å². The van der Waals surface area contributed by atoms with Crippen molar-refractivity contribution in [2.24, 2.45) is 0 Å². The van der Waals surface area contributed by atoms with Crippen molar-refractivity contribution in [2.75, 3.05) is 18.5 Å². The van der Waals surface area contributed by atoms with Gasteiger partial charge in [0.05, 0.1) is 22.6 Å². The van der Waals surface area contributed by atoms with Gasteiger partial charge in [-0.15, -0.1) is 0 Å². The van der Waals surface area contributed by atoms with Gasteiger partial charge in [0.25, 0.3) is 5.91 Å². The molecule has 1 aromatic carbocycles. The number of rotatable bonds is 8. The Labute approximate surface area is 157 Å². The molecule has 27 heavy (non-hydrogen) atoms. The number of nitrogens with one attached hydrogen (secondary N) is 3. The van der Waals surface area contributed by atoms with E-state index in [4.69, 9.17) is 4.84 Å². The van der Waals surface area contributed by atoms with Gasteiger partial charge in [0, 0.05) is 18.4 Å². The molecule has 0 radical (unpaired) electrons. The summed E-state index contributed by atoms with van der Waals surface area (Å²) in [5.41, 5.74) is 2.89. The van der Waals surface area contributed by atoms with Crippen LogP contribution in [0, 0.1) is 11.3 Å². The van der Waals surface area contributed by atoms with Gasteiger partial charge in [-0.05, 0) is 37.3 Å². The molecule has 2 aromatic rings. The summed E-state index contributed by atoms with van der Waals surface area (Å²) in [6, 6.07) is 9.21. The van der Waals surface area contributed by atoms with Crippen LogP contribution in [0.4, 0.5) is 11.5 Å². The molecule has 0 saturated heterocycles. The van der Waals surface area contributed by atoms with Gasteiger partial charge >= 0.3 is 0 Å². The Balaban J connectivity index is 2.35. The first-order valence-corrected chi connectivity index (χ1v) is 9.59. The predicted octanol–water partition coefficient (Wildman–Crippen LogP) is 1.68. The number of aromatic nitrogens is 1. The van der Waals surface area contributed by atoms with E-state index in [1.807, 2.05) is 6.07 Å². The lowest BCUT2D eigenvalue weighted by Crippen LogP contribution is -2.25. The summed E-state index contributed by atoms with van der Waals surface area (Å²) >= 11 is 0. The molecule has 1 amide bonds. The van der Waals surface area contributed by atoms with E-state index >= 15 is 0 Å². The maximum Gasteiger partial charge on any atom is 0.278 e. The highest BCUT2D eigenvalue weighted by atomic mass is 32.2. The minimum absolute atomic E-state index is 0.0304. The molecule has 1 aromatic heterocycles. The lowest BCUT2D eigenvalue weighted by Gasteiger charge is -2.12. The Bertz CT molecular complexity index is 970. The van der Waals surface area contributed by atoms with Crippen LogP contribution in [0.5, 0.6) is 0 Å².